The van der Waals surface area contributed by atoms with Crippen molar-refractivity contribution in [1.29, 1.82) is 0 Å². The topological polar surface area (TPSA) is 53.0 Å². The van der Waals surface area contributed by atoms with E-state index in [0.717, 1.165) is 32.3 Å². The van der Waals surface area contributed by atoms with Crippen molar-refractivity contribution in [3.63, 3.8) is 0 Å². The Balaban J connectivity index is 1.86. The summed E-state index contributed by atoms with van der Waals surface area (Å²) >= 11 is 0. The molecule has 3 heteroatoms. The number of aliphatic hydroxyl groups is 2. The van der Waals surface area contributed by atoms with E-state index in [1.54, 1.807) is 0 Å². The van der Waals surface area contributed by atoms with Crippen molar-refractivity contribution in [1.82, 2.24) is 0 Å². The van der Waals surface area contributed by atoms with Crippen LogP contribution in [0.1, 0.15) is 26.1 Å². The highest BCUT2D eigenvalue weighted by Gasteiger charge is 2.54. The van der Waals surface area contributed by atoms with Crippen LogP contribution >= 0.6 is 0 Å². The first kappa shape index (κ1) is 10.6. The van der Waals surface area contributed by atoms with Crippen LogP contribution in [0.25, 0.3) is 32.3 Å². The van der Waals surface area contributed by atoms with E-state index in [9.17, 15) is 10.2 Å². The van der Waals surface area contributed by atoms with E-state index in [-0.39, 0.29) is 0 Å². The molecule has 0 saturated carbocycles. The first-order chi connectivity index (χ1) is 12.0. The molecule has 1 fully saturated rings. The van der Waals surface area contributed by atoms with Crippen LogP contribution in [-0.4, -0.2) is 22.4 Å². The van der Waals surface area contributed by atoms with Gasteiger partial charge in [0.15, 0.2) is 0 Å². The molecule has 1 saturated heterocycles. The number of rotatable bonds is 0. The van der Waals surface area contributed by atoms with Gasteiger partial charge in [-0.25, -0.2) is 0 Å². The Morgan fingerprint density at radius 2 is 1.65 bits per heavy atom. The molecular formula is C20H14O3. The van der Waals surface area contributed by atoms with Crippen LogP contribution in [0.3, 0.4) is 0 Å². The summed E-state index contributed by atoms with van der Waals surface area (Å²) in [5.74, 6) is 0. The third-order valence-electron chi connectivity index (χ3n) is 5.19. The lowest BCUT2D eigenvalue weighted by Crippen LogP contribution is -2.29. The van der Waals surface area contributed by atoms with Gasteiger partial charge in [0, 0.05) is 0 Å². The summed E-state index contributed by atoms with van der Waals surface area (Å²) in [6.45, 7) is 0. The van der Waals surface area contributed by atoms with Crippen molar-refractivity contribution in [2.24, 2.45) is 0 Å². The minimum absolute atomic E-state index is 0.480. The van der Waals surface area contributed by atoms with Crippen LogP contribution in [0.15, 0.2) is 48.5 Å². The SMILES string of the molecule is [3H][C@@]12O[C@]1([3H])c1c(cc3ccc4cccc5ccc1c3c45)[C@@H](O)[C@@H]2O. The molecule has 112 valence electrons. The van der Waals surface area contributed by atoms with Crippen LogP contribution in [0.2, 0.25) is 0 Å². The molecule has 0 spiro atoms. The maximum Gasteiger partial charge on any atom is 0.118 e. The Hall–Kier alpha value is -2.20. The Bertz CT molecular complexity index is 1190. The number of fused-ring (bicyclic) bond motifs is 4. The molecular weight excluding hydrogens is 288 g/mol. The predicted octanol–water partition coefficient (Wildman–Crippen LogP) is 3.43. The summed E-state index contributed by atoms with van der Waals surface area (Å²) in [5, 5.41) is 26.9. The summed E-state index contributed by atoms with van der Waals surface area (Å²) in [5.41, 5.74) is 0.986. The lowest BCUT2D eigenvalue weighted by atomic mass is 9.81. The van der Waals surface area contributed by atoms with Crippen LogP contribution < -0.4 is 0 Å². The Labute approximate surface area is 134 Å². The van der Waals surface area contributed by atoms with Crippen molar-refractivity contribution in [3.8, 4) is 0 Å². The lowest BCUT2D eigenvalue weighted by molar-refractivity contribution is 0.000163. The Morgan fingerprint density at radius 1 is 0.913 bits per heavy atom. The van der Waals surface area contributed by atoms with Gasteiger partial charge in [0.05, 0.1) is 2.74 Å². The van der Waals surface area contributed by atoms with E-state index >= 15 is 0 Å². The molecule has 1 heterocycles. The molecule has 4 aromatic rings. The number of aliphatic hydroxyl groups excluding tert-OH is 2. The van der Waals surface area contributed by atoms with E-state index in [2.05, 4.69) is 12.1 Å². The molecule has 4 aromatic carbocycles. The van der Waals surface area contributed by atoms with Gasteiger partial charge in [0.2, 0.25) is 0 Å². The summed E-state index contributed by atoms with van der Waals surface area (Å²) in [4.78, 5) is 0. The fourth-order valence-electron chi connectivity index (χ4n) is 4.09. The van der Waals surface area contributed by atoms with Crippen LogP contribution in [0.4, 0.5) is 0 Å². The zero-order valence-electron chi connectivity index (χ0n) is 14.1. The van der Waals surface area contributed by atoms with E-state index in [1.807, 2.05) is 36.4 Å². The van der Waals surface area contributed by atoms with Gasteiger partial charge >= 0.3 is 0 Å². The molecule has 0 unspecified atom stereocenters. The van der Waals surface area contributed by atoms with Gasteiger partial charge in [0.1, 0.15) is 24.4 Å². The van der Waals surface area contributed by atoms with Gasteiger partial charge in [-0.15, -0.1) is 0 Å². The van der Waals surface area contributed by atoms with Gasteiger partial charge in [-0.3, -0.25) is 0 Å². The summed E-state index contributed by atoms with van der Waals surface area (Å²) in [7, 11) is 0. The number of hydrogen-bond donors (Lipinski definition) is 2. The van der Waals surface area contributed by atoms with Crippen molar-refractivity contribution in [3.05, 3.63) is 59.7 Å². The largest absolute Gasteiger partial charge is 0.387 e. The highest BCUT2D eigenvalue weighted by atomic mass is 16.6. The predicted molar refractivity (Wildman–Crippen MR) is 88.7 cm³/mol. The molecule has 23 heavy (non-hydrogen) atoms. The Morgan fingerprint density at radius 3 is 2.48 bits per heavy atom. The molecule has 4 atom stereocenters. The van der Waals surface area contributed by atoms with Gasteiger partial charge < -0.3 is 14.9 Å². The van der Waals surface area contributed by atoms with Crippen LogP contribution in [0.5, 0.6) is 0 Å². The van der Waals surface area contributed by atoms with Gasteiger partial charge in [-0.2, -0.15) is 0 Å². The number of benzene rings is 4. The molecule has 0 bridgehead atoms. The van der Waals surface area contributed by atoms with Gasteiger partial charge in [-0.05, 0) is 49.5 Å². The molecule has 1 aliphatic heterocycles. The van der Waals surface area contributed by atoms with Crippen molar-refractivity contribution in [2.75, 3.05) is 0 Å². The van der Waals surface area contributed by atoms with Crippen LogP contribution in [-0.2, 0) is 4.74 Å². The number of ether oxygens (including phenoxy) is 1. The third kappa shape index (κ3) is 1.36. The molecule has 0 radical (unpaired) electrons. The molecule has 2 N–H and O–H groups in total. The van der Waals surface area contributed by atoms with E-state index in [0.29, 0.717) is 11.1 Å². The minimum atomic E-state index is -1.82. The second-order valence-electron chi connectivity index (χ2n) is 6.38. The molecule has 0 amide bonds. The lowest BCUT2D eigenvalue weighted by Gasteiger charge is -2.25. The maximum absolute atomic E-state index is 10.6. The summed E-state index contributed by atoms with van der Waals surface area (Å²) in [6, 6.07) is 15.9. The summed E-state index contributed by atoms with van der Waals surface area (Å²) < 4.78 is 22.3. The maximum atomic E-state index is 10.6. The van der Waals surface area contributed by atoms with Gasteiger partial charge in [0.25, 0.3) is 0 Å². The monoisotopic (exact) mass is 306 g/mol. The first-order valence-corrected chi connectivity index (χ1v) is 7.73. The van der Waals surface area contributed by atoms with Gasteiger partial charge in [-0.1, -0.05) is 42.5 Å². The molecule has 0 aromatic heterocycles. The van der Waals surface area contributed by atoms with Crippen molar-refractivity contribution in [2.45, 2.75) is 24.4 Å². The van der Waals surface area contributed by atoms with Crippen LogP contribution in [0, 0.1) is 0 Å². The minimum Gasteiger partial charge on any atom is -0.387 e. The average Bonchev–Trinajstić information content (AvgIpc) is 3.21. The van der Waals surface area contributed by atoms with E-state index in [4.69, 9.17) is 7.48 Å². The fourth-order valence-corrected chi connectivity index (χ4v) is 4.09. The van der Waals surface area contributed by atoms with E-state index in [1.165, 1.54) is 0 Å². The molecule has 6 rings (SSSR count). The fraction of sp³-hybridized carbons (Fsp3) is 0.200. The average molecular weight is 306 g/mol. The quantitative estimate of drug-likeness (QED) is 0.386. The molecule has 2 aliphatic rings. The second kappa shape index (κ2) is 3.82. The standard InChI is InChI=1S/C20H14O3/c21-17-13-8-11-5-4-9-2-1-3-10-6-7-12(15(11)14(9)10)16(13)19-20(23-19)18(17)22/h1-8,17-22H/t17-,18+,19-,20+/m1/s1/i19T,20T. The zero-order valence-corrected chi connectivity index (χ0v) is 12.1. The zero-order chi connectivity index (χ0) is 17.1. The Kier molecular flexibility index (Phi) is 1.75. The molecule has 1 aliphatic carbocycles. The smallest absolute Gasteiger partial charge is 0.118 e. The summed E-state index contributed by atoms with van der Waals surface area (Å²) in [6.07, 6.45) is -6.15. The highest BCUT2D eigenvalue weighted by molar-refractivity contribution is 6.23. The second-order valence-corrected chi connectivity index (χ2v) is 6.38. The van der Waals surface area contributed by atoms with Crippen molar-refractivity contribution >= 4 is 32.3 Å². The number of hydrogen-bond acceptors (Lipinski definition) is 3. The molecule has 3 nitrogen and oxygen atoms in total. The third-order valence-corrected chi connectivity index (χ3v) is 5.19. The number of epoxide rings is 1. The van der Waals surface area contributed by atoms with E-state index < -0.39 is 24.4 Å². The normalized spacial score (nSPS) is 36.8. The highest BCUT2D eigenvalue weighted by Crippen LogP contribution is 2.54. The van der Waals surface area contributed by atoms with Crippen molar-refractivity contribution < 1.29 is 17.7 Å². The first-order valence-electron chi connectivity index (χ1n) is 8.73.